The Kier molecular flexibility index (Phi) is 2.86. The molecule has 0 spiro atoms. The number of hydrogen-bond donors (Lipinski definition) is 0. The molecule has 2 aromatic rings. The van der Waals surface area contributed by atoms with Gasteiger partial charge in [-0.25, -0.2) is 0 Å². The number of anilines is 1. The quantitative estimate of drug-likeness (QED) is 0.873. The highest BCUT2D eigenvalue weighted by Gasteiger charge is 2.44. The molecule has 0 saturated heterocycles. The van der Waals surface area contributed by atoms with Crippen molar-refractivity contribution in [2.24, 2.45) is 0 Å². The molecule has 2 atom stereocenters. The van der Waals surface area contributed by atoms with Gasteiger partial charge in [0, 0.05) is 24.5 Å². The summed E-state index contributed by atoms with van der Waals surface area (Å²) >= 11 is 3.59. The van der Waals surface area contributed by atoms with Crippen molar-refractivity contribution in [3.05, 3.63) is 40.2 Å². The van der Waals surface area contributed by atoms with Crippen molar-refractivity contribution < 1.29 is 4.52 Å². The first-order valence-electron chi connectivity index (χ1n) is 5.92. The highest BCUT2D eigenvalue weighted by atomic mass is 79.9. The molecule has 18 heavy (non-hydrogen) atoms. The zero-order valence-electron chi connectivity index (χ0n) is 10.3. The number of nitrogens with zero attached hydrogens (tertiary/aromatic N) is 3. The molecule has 1 fully saturated rings. The van der Waals surface area contributed by atoms with Crippen molar-refractivity contribution in [1.82, 2.24) is 10.1 Å². The van der Waals surface area contributed by atoms with Crippen LogP contribution >= 0.6 is 15.9 Å². The summed E-state index contributed by atoms with van der Waals surface area (Å²) in [4.78, 5) is 6.26. The molecule has 1 heterocycles. The van der Waals surface area contributed by atoms with Gasteiger partial charge in [-0.3, -0.25) is 0 Å². The van der Waals surface area contributed by atoms with E-state index in [9.17, 15) is 0 Å². The maximum Gasteiger partial charge on any atom is 0.265 e. The summed E-state index contributed by atoms with van der Waals surface area (Å²) in [5.74, 6) is 2.25. The fourth-order valence-electron chi connectivity index (χ4n) is 2.15. The predicted molar refractivity (Wildman–Crippen MR) is 72.9 cm³/mol. The van der Waals surface area contributed by atoms with Crippen LogP contribution in [0.1, 0.15) is 29.7 Å². The van der Waals surface area contributed by atoms with E-state index >= 15 is 0 Å². The molecule has 1 aliphatic rings. The van der Waals surface area contributed by atoms with E-state index in [0.29, 0.717) is 17.8 Å². The number of hydrogen-bond acceptors (Lipinski definition) is 4. The first-order valence-corrected chi connectivity index (χ1v) is 6.71. The Bertz CT molecular complexity index is 567. The standard InChI is InChI=1S/C13H14BrN3O/c1-17(2)13-15-12(18-16-13)10-7-9(10)8-5-3-4-6-11(8)14/h3-6,9-10H,7H2,1-2H3/t9-,10+/m0/s1. The molecule has 1 aliphatic carbocycles. The van der Waals surface area contributed by atoms with Crippen LogP contribution in [0, 0.1) is 0 Å². The Labute approximate surface area is 114 Å². The molecule has 5 heteroatoms. The fourth-order valence-corrected chi connectivity index (χ4v) is 2.73. The maximum absolute atomic E-state index is 5.32. The van der Waals surface area contributed by atoms with Crippen LogP contribution in [0.5, 0.6) is 0 Å². The summed E-state index contributed by atoms with van der Waals surface area (Å²) in [5, 5.41) is 3.96. The van der Waals surface area contributed by atoms with Crippen molar-refractivity contribution in [1.29, 1.82) is 0 Å². The van der Waals surface area contributed by atoms with Crippen LogP contribution in [0.15, 0.2) is 33.3 Å². The van der Waals surface area contributed by atoms with Gasteiger partial charge in [0.05, 0.1) is 0 Å². The Morgan fingerprint density at radius 2 is 2.06 bits per heavy atom. The SMILES string of the molecule is CN(C)c1noc([C@@H]2C[C@H]2c2ccccc2Br)n1. The van der Waals surface area contributed by atoms with Crippen molar-refractivity contribution >= 4 is 21.9 Å². The summed E-state index contributed by atoms with van der Waals surface area (Å²) in [7, 11) is 3.82. The number of halogens is 1. The molecule has 0 radical (unpaired) electrons. The molecule has 1 aromatic carbocycles. The lowest BCUT2D eigenvalue weighted by molar-refractivity contribution is 0.378. The van der Waals surface area contributed by atoms with E-state index in [0.717, 1.165) is 16.8 Å². The van der Waals surface area contributed by atoms with E-state index in [1.165, 1.54) is 5.56 Å². The third-order valence-electron chi connectivity index (χ3n) is 3.24. The second kappa shape index (κ2) is 4.39. The molecule has 1 aromatic heterocycles. The van der Waals surface area contributed by atoms with Gasteiger partial charge in [0.25, 0.3) is 5.95 Å². The molecule has 4 nitrogen and oxygen atoms in total. The van der Waals surface area contributed by atoms with Gasteiger partial charge in [0.15, 0.2) is 0 Å². The molecule has 0 unspecified atom stereocenters. The van der Waals surface area contributed by atoms with Gasteiger partial charge < -0.3 is 9.42 Å². The molecule has 0 bridgehead atoms. The van der Waals surface area contributed by atoms with Crippen LogP contribution < -0.4 is 4.90 Å². The first-order chi connectivity index (χ1) is 8.66. The van der Waals surface area contributed by atoms with E-state index < -0.39 is 0 Å². The van der Waals surface area contributed by atoms with Gasteiger partial charge in [-0.1, -0.05) is 34.1 Å². The lowest BCUT2D eigenvalue weighted by Gasteiger charge is -2.02. The average Bonchev–Trinajstić information content (AvgIpc) is 2.98. The smallest absolute Gasteiger partial charge is 0.265 e. The van der Waals surface area contributed by atoms with Crippen LogP contribution in [0.3, 0.4) is 0 Å². The van der Waals surface area contributed by atoms with Crippen LogP contribution in [0.2, 0.25) is 0 Å². The third kappa shape index (κ3) is 2.03. The number of benzene rings is 1. The Morgan fingerprint density at radius 1 is 1.28 bits per heavy atom. The van der Waals surface area contributed by atoms with Gasteiger partial charge >= 0.3 is 0 Å². The van der Waals surface area contributed by atoms with Gasteiger partial charge in [0.2, 0.25) is 5.89 Å². The monoisotopic (exact) mass is 307 g/mol. The normalized spacial score (nSPS) is 21.9. The molecule has 0 aliphatic heterocycles. The molecule has 0 N–H and O–H groups in total. The van der Waals surface area contributed by atoms with Crippen LogP contribution in [0.25, 0.3) is 0 Å². The van der Waals surface area contributed by atoms with Crippen molar-refractivity contribution in [2.45, 2.75) is 18.3 Å². The number of aromatic nitrogens is 2. The van der Waals surface area contributed by atoms with Gasteiger partial charge in [-0.15, -0.1) is 0 Å². The van der Waals surface area contributed by atoms with Gasteiger partial charge in [-0.2, -0.15) is 4.98 Å². The molecule has 0 amide bonds. The summed E-state index contributed by atoms with van der Waals surface area (Å²) < 4.78 is 6.48. The molecule has 94 valence electrons. The van der Waals surface area contributed by atoms with Crippen LogP contribution in [-0.4, -0.2) is 24.2 Å². The fraction of sp³-hybridized carbons (Fsp3) is 0.385. The minimum absolute atomic E-state index is 0.366. The van der Waals surface area contributed by atoms with E-state index in [1.54, 1.807) is 0 Å². The summed E-state index contributed by atoms with van der Waals surface area (Å²) in [6.07, 6.45) is 1.08. The van der Waals surface area contributed by atoms with Crippen molar-refractivity contribution in [3.8, 4) is 0 Å². The summed E-state index contributed by atoms with van der Waals surface area (Å²) in [6, 6.07) is 8.32. The lowest BCUT2D eigenvalue weighted by atomic mass is 10.1. The van der Waals surface area contributed by atoms with Gasteiger partial charge in [0.1, 0.15) is 0 Å². The lowest BCUT2D eigenvalue weighted by Crippen LogP contribution is -2.10. The average molecular weight is 308 g/mol. The van der Waals surface area contributed by atoms with Gasteiger partial charge in [-0.05, 0) is 29.1 Å². The predicted octanol–water partition coefficient (Wildman–Crippen LogP) is 3.17. The second-order valence-corrected chi connectivity index (χ2v) is 5.65. The van der Waals surface area contributed by atoms with Crippen molar-refractivity contribution in [2.75, 3.05) is 19.0 Å². The molecule has 3 rings (SSSR count). The zero-order chi connectivity index (χ0) is 12.7. The molecule has 1 saturated carbocycles. The third-order valence-corrected chi connectivity index (χ3v) is 3.97. The maximum atomic E-state index is 5.32. The van der Waals surface area contributed by atoms with E-state index in [2.05, 4.69) is 44.3 Å². The zero-order valence-corrected chi connectivity index (χ0v) is 11.9. The van der Waals surface area contributed by atoms with Crippen LogP contribution in [-0.2, 0) is 0 Å². The van der Waals surface area contributed by atoms with Crippen LogP contribution in [0.4, 0.5) is 5.95 Å². The van der Waals surface area contributed by atoms with Crippen molar-refractivity contribution in [3.63, 3.8) is 0 Å². The Hall–Kier alpha value is -1.36. The highest BCUT2D eigenvalue weighted by molar-refractivity contribution is 9.10. The number of rotatable bonds is 3. The largest absolute Gasteiger partial charge is 0.344 e. The van der Waals surface area contributed by atoms with E-state index in [4.69, 9.17) is 4.52 Å². The topological polar surface area (TPSA) is 42.2 Å². The first kappa shape index (κ1) is 11.7. The van der Waals surface area contributed by atoms with E-state index in [-0.39, 0.29) is 0 Å². The molecular weight excluding hydrogens is 294 g/mol. The second-order valence-electron chi connectivity index (χ2n) is 4.80. The molecular formula is C13H14BrN3O. The summed E-state index contributed by atoms with van der Waals surface area (Å²) in [6.45, 7) is 0. The minimum atomic E-state index is 0.366. The minimum Gasteiger partial charge on any atom is -0.344 e. The van der Waals surface area contributed by atoms with E-state index in [1.807, 2.05) is 25.1 Å². The Morgan fingerprint density at radius 3 is 2.72 bits per heavy atom. The summed E-state index contributed by atoms with van der Waals surface area (Å²) in [5.41, 5.74) is 1.33. The Balaban J connectivity index is 1.79. The highest BCUT2D eigenvalue weighted by Crippen LogP contribution is 2.55.